The average Bonchev–Trinajstić information content (AvgIpc) is 2.47. The topological polar surface area (TPSA) is 15.3 Å². The van der Waals surface area contributed by atoms with Gasteiger partial charge in [-0.25, -0.2) is 4.39 Å². The van der Waals surface area contributed by atoms with Gasteiger partial charge in [-0.1, -0.05) is 32.9 Å². The Balaban J connectivity index is 2.64. The van der Waals surface area contributed by atoms with Crippen molar-refractivity contribution >= 4 is 0 Å². The lowest BCUT2D eigenvalue weighted by atomic mass is 10.0. The van der Waals surface area contributed by atoms with Crippen molar-refractivity contribution < 1.29 is 4.39 Å². The minimum atomic E-state index is -0.168. The lowest BCUT2D eigenvalue weighted by Crippen LogP contribution is -2.36. The van der Waals surface area contributed by atoms with E-state index in [0.717, 1.165) is 25.9 Å². The highest BCUT2D eigenvalue weighted by Crippen LogP contribution is 2.19. The van der Waals surface area contributed by atoms with E-state index in [1.54, 1.807) is 12.1 Å². The summed E-state index contributed by atoms with van der Waals surface area (Å²) in [4.78, 5) is 2.41. The van der Waals surface area contributed by atoms with Crippen molar-refractivity contribution in [2.45, 2.75) is 52.6 Å². The predicted molar refractivity (Wildman–Crippen MR) is 89.0 cm³/mol. The summed E-state index contributed by atoms with van der Waals surface area (Å²) in [6, 6.07) is 7.77. The summed E-state index contributed by atoms with van der Waals surface area (Å²) < 4.78 is 13.1. The van der Waals surface area contributed by atoms with Crippen LogP contribution < -0.4 is 5.32 Å². The normalized spacial score (nSPS) is 14.7. The highest BCUT2D eigenvalue weighted by molar-refractivity contribution is 5.20. The fraction of sp³-hybridized carbons (Fsp3) is 0.667. The van der Waals surface area contributed by atoms with Crippen LogP contribution in [0.25, 0.3) is 0 Å². The summed E-state index contributed by atoms with van der Waals surface area (Å²) in [5.41, 5.74) is 1.18. The highest BCUT2D eigenvalue weighted by atomic mass is 19.1. The van der Waals surface area contributed by atoms with Gasteiger partial charge in [-0.05, 0) is 63.5 Å². The fourth-order valence-corrected chi connectivity index (χ4v) is 2.45. The quantitative estimate of drug-likeness (QED) is 0.733. The first kappa shape index (κ1) is 18.1. The molecule has 21 heavy (non-hydrogen) atoms. The van der Waals surface area contributed by atoms with E-state index in [2.05, 4.69) is 45.0 Å². The average molecular weight is 294 g/mol. The van der Waals surface area contributed by atoms with Gasteiger partial charge in [0.05, 0.1) is 0 Å². The van der Waals surface area contributed by atoms with Gasteiger partial charge in [-0.2, -0.15) is 0 Å². The Labute approximate surface area is 129 Å². The van der Waals surface area contributed by atoms with Gasteiger partial charge in [0.15, 0.2) is 0 Å². The van der Waals surface area contributed by atoms with E-state index in [4.69, 9.17) is 0 Å². The van der Waals surface area contributed by atoms with Crippen LogP contribution in [0.2, 0.25) is 0 Å². The van der Waals surface area contributed by atoms with Crippen LogP contribution in [0.5, 0.6) is 0 Å². The van der Waals surface area contributed by atoms with Crippen molar-refractivity contribution in [3.63, 3.8) is 0 Å². The fourth-order valence-electron chi connectivity index (χ4n) is 2.45. The zero-order valence-electron chi connectivity index (χ0n) is 14.2. The predicted octanol–water partition coefficient (Wildman–Crippen LogP) is 4.23. The summed E-state index contributed by atoms with van der Waals surface area (Å²) in [5, 5.41) is 3.58. The molecule has 2 nitrogen and oxygen atoms in total. The molecule has 0 aliphatic carbocycles. The van der Waals surface area contributed by atoms with Crippen molar-refractivity contribution in [2.75, 3.05) is 20.1 Å². The van der Waals surface area contributed by atoms with Crippen LogP contribution in [-0.4, -0.2) is 31.1 Å². The SMILES string of the molecule is CCCNC(CCN(C)C(C)C(C)C)c1ccc(F)cc1. The van der Waals surface area contributed by atoms with Crippen LogP contribution in [0, 0.1) is 11.7 Å². The summed E-state index contributed by atoms with van der Waals surface area (Å²) in [7, 11) is 2.19. The molecule has 0 bridgehead atoms. The molecule has 1 rings (SSSR count). The number of nitrogens with one attached hydrogen (secondary N) is 1. The molecule has 1 aromatic carbocycles. The van der Waals surface area contributed by atoms with E-state index in [0.29, 0.717) is 18.0 Å². The van der Waals surface area contributed by atoms with Crippen LogP contribution in [-0.2, 0) is 0 Å². The Morgan fingerprint density at radius 3 is 2.29 bits per heavy atom. The van der Waals surface area contributed by atoms with Crippen LogP contribution >= 0.6 is 0 Å². The Kier molecular flexibility index (Phi) is 7.91. The zero-order valence-corrected chi connectivity index (χ0v) is 14.2. The van der Waals surface area contributed by atoms with Crippen LogP contribution in [0.1, 0.15) is 52.1 Å². The molecule has 0 amide bonds. The molecule has 0 fully saturated rings. The molecule has 0 saturated carbocycles. The van der Waals surface area contributed by atoms with Gasteiger partial charge in [0, 0.05) is 12.1 Å². The molecule has 120 valence electrons. The van der Waals surface area contributed by atoms with Crippen molar-refractivity contribution in [2.24, 2.45) is 5.92 Å². The highest BCUT2D eigenvalue weighted by Gasteiger charge is 2.16. The number of halogens is 1. The Morgan fingerprint density at radius 2 is 1.76 bits per heavy atom. The maximum absolute atomic E-state index is 13.1. The van der Waals surface area contributed by atoms with E-state index in [1.165, 1.54) is 5.56 Å². The van der Waals surface area contributed by atoms with Crippen LogP contribution in [0.15, 0.2) is 24.3 Å². The van der Waals surface area contributed by atoms with Crippen molar-refractivity contribution in [3.8, 4) is 0 Å². The number of hydrogen-bond donors (Lipinski definition) is 1. The Hall–Kier alpha value is -0.930. The van der Waals surface area contributed by atoms with E-state index < -0.39 is 0 Å². The van der Waals surface area contributed by atoms with E-state index >= 15 is 0 Å². The van der Waals surface area contributed by atoms with Gasteiger partial charge >= 0.3 is 0 Å². The molecule has 2 atom stereocenters. The van der Waals surface area contributed by atoms with Gasteiger partial charge in [0.1, 0.15) is 5.82 Å². The van der Waals surface area contributed by atoms with Gasteiger partial charge in [-0.15, -0.1) is 0 Å². The maximum atomic E-state index is 13.1. The first-order valence-electron chi connectivity index (χ1n) is 8.14. The van der Waals surface area contributed by atoms with Crippen molar-refractivity contribution in [1.82, 2.24) is 10.2 Å². The first-order chi connectivity index (χ1) is 9.95. The molecule has 0 spiro atoms. The lowest BCUT2D eigenvalue weighted by molar-refractivity contribution is 0.198. The molecule has 0 aliphatic heterocycles. The van der Waals surface area contributed by atoms with E-state index in [1.807, 2.05) is 12.1 Å². The molecule has 1 N–H and O–H groups in total. The second-order valence-corrected chi connectivity index (χ2v) is 6.31. The number of benzene rings is 1. The van der Waals surface area contributed by atoms with Crippen LogP contribution in [0.4, 0.5) is 4.39 Å². The molecule has 2 unspecified atom stereocenters. The third-order valence-corrected chi connectivity index (χ3v) is 4.34. The molecule has 3 heteroatoms. The minimum absolute atomic E-state index is 0.168. The van der Waals surface area contributed by atoms with E-state index in [-0.39, 0.29) is 5.82 Å². The molecule has 0 aliphatic rings. The van der Waals surface area contributed by atoms with Crippen LogP contribution in [0.3, 0.4) is 0 Å². The second-order valence-electron chi connectivity index (χ2n) is 6.31. The summed E-state index contributed by atoms with van der Waals surface area (Å²) >= 11 is 0. The standard InChI is InChI=1S/C18H31FN2/c1-6-12-20-18(16-7-9-17(19)10-8-16)11-13-21(5)15(4)14(2)3/h7-10,14-15,18,20H,6,11-13H2,1-5H3. The van der Waals surface area contributed by atoms with Crippen molar-refractivity contribution in [1.29, 1.82) is 0 Å². The zero-order chi connectivity index (χ0) is 15.8. The van der Waals surface area contributed by atoms with Gasteiger partial charge in [0.25, 0.3) is 0 Å². The van der Waals surface area contributed by atoms with Gasteiger partial charge < -0.3 is 10.2 Å². The minimum Gasteiger partial charge on any atom is -0.310 e. The van der Waals surface area contributed by atoms with Gasteiger partial charge in [0.2, 0.25) is 0 Å². The first-order valence-corrected chi connectivity index (χ1v) is 8.14. The smallest absolute Gasteiger partial charge is 0.123 e. The molecular formula is C18H31FN2. The third kappa shape index (κ3) is 6.15. The lowest BCUT2D eigenvalue weighted by Gasteiger charge is -2.30. The molecule has 0 saturated heterocycles. The van der Waals surface area contributed by atoms with E-state index in [9.17, 15) is 4.39 Å². The Morgan fingerprint density at radius 1 is 1.14 bits per heavy atom. The second kappa shape index (κ2) is 9.16. The summed E-state index contributed by atoms with van der Waals surface area (Å²) in [6.45, 7) is 11.0. The molecule has 1 aromatic rings. The number of nitrogens with zero attached hydrogens (tertiary/aromatic N) is 1. The number of rotatable bonds is 9. The number of hydrogen-bond acceptors (Lipinski definition) is 2. The largest absolute Gasteiger partial charge is 0.310 e. The van der Waals surface area contributed by atoms with Crippen molar-refractivity contribution in [3.05, 3.63) is 35.6 Å². The summed E-state index contributed by atoms with van der Waals surface area (Å²) in [5.74, 6) is 0.487. The van der Waals surface area contributed by atoms with Gasteiger partial charge in [-0.3, -0.25) is 0 Å². The molecule has 0 heterocycles. The maximum Gasteiger partial charge on any atom is 0.123 e. The third-order valence-electron chi connectivity index (χ3n) is 4.34. The Bertz CT molecular complexity index is 389. The summed E-state index contributed by atoms with van der Waals surface area (Å²) in [6.07, 6.45) is 2.15. The molecule has 0 radical (unpaired) electrons. The molecular weight excluding hydrogens is 263 g/mol. The monoisotopic (exact) mass is 294 g/mol. The molecule has 0 aromatic heterocycles.